The lowest BCUT2D eigenvalue weighted by molar-refractivity contribution is -0.119. The molecule has 2 unspecified atom stereocenters. The average Bonchev–Trinajstić information content (AvgIpc) is 3.32. The minimum absolute atomic E-state index is 0.0100. The molecule has 188 valence electrons. The summed E-state index contributed by atoms with van der Waals surface area (Å²) in [5, 5.41) is 6.66. The van der Waals surface area contributed by atoms with Gasteiger partial charge in [0.15, 0.2) is 0 Å². The molecule has 1 aliphatic heterocycles. The fourth-order valence-electron chi connectivity index (χ4n) is 3.91. The first-order valence-electron chi connectivity index (χ1n) is 11.9. The molecule has 2 atom stereocenters. The van der Waals surface area contributed by atoms with Gasteiger partial charge in [-0.25, -0.2) is 0 Å². The van der Waals surface area contributed by atoms with Gasteiger partial charge in [-0.15, -0.1) is 0 Å². The van der Waals surface area contributed by atoms with Crippen molar-refractivity contribution in [2.24, 2.45) is 11.7 Å². The molecule has 0 aromatic heterocycles. The minimum Gasteiger partial charge on any atom is -0.401 e. The Morgan fingerprint density at radius 2 is 1.72 bits per heavy atom. The molecule has 0 saturated carbocycles. The first-order valence-corrected chi connectivity index (χ1v) is 12.3. The van der Waals surface area contributed by atoms with E-state index < -0.39 is 0 Å². The number of nitrogens with one attached hydrogen (secondary N) is 2. The van der Waals surface area contributed by atoms with Crippen LogP contribution in [-0.4, -0.2) is 42.9 Å². The maximum Gasteiger partial charge on any atom is 0.251 e. The highest BCUT2D eigenvalue weighted by atomic mass is 35.5. The molecule has 4 N–H and O–H groups in total. The van der Waals surface area contributed by atoms with Crippen molar-refractivity contribution in [1.29, 1.82) is 0 Å². The molecule has 1 heterocycles. The molecular formula is C29H33ClN4O2. The number of amides is 2. The van der Waals surface area contributed by atoms with Crippen molar-refractivity contribution in [3.63, 3.8) is 0 Å². The van der Waals surface area contributed by atoms with Crippen LogP contribution in [0.1, 0.15) is 22.3 Å². The number of hydrogen-bond donors (Lipinski definition) is 3. The summed E-state index contributed by atoms with van der Waals surface area (Å²) >= 11 is 5.54. The van der Waals surface area contributed by atoms with E-state index in [1.165, 1.54) is 0 Å². The van der Waals surface area contributed by atoms with Gasteiger partial charge in [-0.1, -0.05) is 72.8 Å². The lowest BCUT2D eigenvalue weighted by Crippen LogP contribution is -2.40. The molecular weight excluding hydrogens is 472 g/mol. The lowest BCUT2D eigenvalue weighted by atomic mass is 10.0. The largest absolute Gasteiger partial charge is 0.401 e. The van der Waals surface area contributed by atoms with Crippen molar-refractivity contribution in [2.45, 2.75) is 18.9 Å². The second kappa shape index (κ2) is 13.5. The van der Waals surface area contributed by atoms with Gasteiger partial charge < -0.3 is 21.3 Å². The third-order valence-corrected chi connectivity index (χ3v) is 6.18. The van der Waals surface area contributed by atoms with Gasteiger partial charge in [0.05, 0.1) is 12.0 Å². The van der Waals surface area contributed by atoms with Gasteiger partial charge in [-0.2, -0.15) is 0 Å². The highest BCUT2D eigenvalue weighted by Crippen LogP contribution is 2.18. The summed E-state index contributed by atoms with van der Waals surface area (Å²) in [5.41, 5.74) is 8.46. The Hall–Kier alpha value is -3.61. The second-order valence-corrected chi connectivity index (χ2v) is 9.34. The van der Waals surface area contributed by atoms with E-state index in [2.05, 4.69) is 22.1 Å². The van der Waals surface area contributed by atoms with Crippen LogP contribution in [0.4, 0.5) is 5.69 Å². The van der Waals surface area contributed by atoms with Crippen LogP contribution in [0.15, 0.2) is 97.2 Å². The SMILES string of the molecule is C=C(N)C(Cc1ccccc1)NC(=O)c1cccc(NC(=O)C2CCN(C)C2)c1.Clc1ccccc1. The number of nitrogens with zero attached hydrogens (tertiary/aromatic N) is 1. The van der Waals surface area contributed by atoms with E-state index in [-0.39, 0.29) is 23.8 Å². The molecule has 2 amide bonds. The smallest absolute Gasteiger partial charge is 0.251 e. The van der Waals surface area contributed by atoms with E-state index in [0.29, 0.717) is 23.4 Å². The highest BCUT2D eigenvalue weighted by Gasteiger charge is 2.26. The Balaban J connectivity index is 0.000000444. The molecule has 6 nitrogen and oxygen atoms in total. The number of carbonyl (C=O) groups excluding carboxylic acids is 2. The Morgan fingerprint density at radius 3 is 2.28 bits per heavy atom. The van der Waals surface area contributed by atoms with Crippen LogP contribution in [0.5, 0.6) is 0 Å². The normalized spacial score (nSPS) is 15.8. The molecule has 7 heteroatoms. The average molecular weight is 505 g/mol. The third kappa shape index (κ3) is 8.56. The van der Waals surface area contributed by atoms with E-state index in [1.807, 2.05) is 67.7 Å². The van der Waals surface area contributed by atoms with E-state index in [0.717, 1.165) is 30.1 Å². The summed E-state index contributed by atoms with van der Waals surface area (Å²) in [4.78, 5) is 27.3. The van der Waals surface area contributed by atoms with E-state index in [9.17, 15) is 9.59 Å². The van der Waals surface area contributed by atoms with Crippen LogP contribution in [0.25, 0.3) is 0 Å². The zero-order valence-corrected chi connectivity index (χ0v) is 21.2. The number of hydrogen-bond acceptors (Lipinski definition) is 4. The standard InChI is InChI=1S/C23H28N4O2.C6H5Cl/c1-16(24)21(13-17-7-4-3-5-8-17)26-22(28)18-9-6-10-20(14-18)25-23(29)19-11-12-27(2)15-19;7-6-4-2-1-3-5-6/h3-10,14,19,21H,1,11-13,15,24H2,2H3,(H,25,29)(H,26,28);1-5H. The molecule has 1 aliphatic rings. The summed E-state index contributed by atoms with van der Waals surface area (Å²) in [7, 11) is 2.01. The van der Waals surface area contributed by atoms with Crippen LogP contribution in [-0.2, 0) is 11.2 Å². The van der Waals surface area contributed by atoms with Crippen LogP contribution < -0.4 is 16.4 Å². The van der Waals surface area contributed by atoms with Crippen LogP contribution in [0, 0.1) is 5.92 Å². The fraction of sp³-hybridized carbons (Fsp3) is 0.241. The van der Waals surface area contributed by atoms with Crippen molar-refractivity contribution < 1.29 is 9.59 Å². The van der Waals surface area contributed by atoms with Crippen LogP contribution in [0.3, 0.4) is 0 Å². The first-order chi connectivity index (χ1) is 17.3. The topological polar surface area (TPSA) is 87.5 Å². The number of nitrogens with two attached hydrogens (primary N) is 1. The van der Waals surface area contributed by atoms with Crippen LogP contribution in [0.2, 0.25) is 5.02 Å². The Kier molecular flexibility index (Phi) is 10.1. The van der Waals surface area contributed by atoms with Crippen molar-refractivity contribution in [3.05, 3.63) is 113 Å². The molecule has 1 fully saturated rings. The van der Waals surface area contributed by atoms with Crippen molar-refractivity contribution >= 4 is 29.1 Å². The number of carbonyl (C=O) groups is 2. The molecule has 3 aromatic carbocycles. The quantitative estimate of drug-likeness (QED) is 0.434. The van der Waals surface area contributed by atoms with Crippen LogP contribution >= 0.6 is 11.6 Å². The molecule has 36 heavy (non-hydrogen) atoms. The van der Waals surface area contributed by atoms with Gasteiger partial charge in [0.2, 0.25) is 5.91 Å². The highest BCUT2D eigenvalue weighted by molar-refractivity contribution is 6.30. The van der Waals surface area contributed by atoms with Gasteiger partial charge in [0.1, 0.15) is 0 Å². The predicted molar refractivity (Wildman–Crippen MR) is 147 cm³/mol. The van der Waals surface area contributed by atoms with E-state index in [4.69, 9.17) is 17.3 Å². The molecule has 0 bridgehead atoms. The maximum absolute atomic E-state index is 12.8. The molecule has 4 rings (SSSR count). The zero-order valence-electron chi connectivity index (χ0n) is 20.5. The number of anilines is 1. The third-order valence-electron chi connectivity index (χ3n) is 5.92. The number of benzene rings is 3. The van der Waals surface area contributed by atoms with Gasteiger partial charge in [-0.05, 0) is 62.3 Å². The van der Waals surface area contributed by atoms with Gasteiger partial charge in [0, 0.05) is 28.5 Å². The number of likely N-dealkylation sites (tertiary alicyclic amines) is 1. The zero-order chi connectivity index (χ0) is 25.9. The van der Waals surface area contributed by atoms with E-state index in [1.54, 1.807) is 24.3 Å². The maximum atomic E-state index is 12.8. The lowest BCUT2D eigenvalue weighted by Gasteiger charge is -2.19. The molecule has 0 aliphatic carbocycles. The number of rotatable bonds is 7. The molecule has 1 saturated heterocycles. The second-order valence-electron chi connectivity index (χ2n) is 8.90. The summed E-state index contributed by atoms with van der Waals surface area (Å²) in [6.07, 6.45) is 1.41. The van der Waals surface area contributed by atoms with E-state index >= 15 is 0 Å². The Morgan fingerprint density at radius 1 is 1.06 bits per heavy atom. The molecule has 0 radical (unpaired) electrons. The molecule has 0 spiro atoms. The fourth-order valence-corrected chi connectivity index (χ4v) is 4.06. The first kappa shape index (κ1) is 27.0. The Labute approximate surface area is 218 Å². The summed E-state index contributed by atoms with van der Waals surface area (Å²) in [6, 6.07) is 25.8. The minimum atomic E-state index is -0.378. The monoisotopic (exact) mass is 504 g/mol. The number of halogens is 1. The molecule has 3 aromatic rings. The van der Waals surface area contributed by atoms with Gasteiger partial charge in [0.25, 0.3) is 5.91 Å². The van der Waals surface area contributed by atoms with Crippen molar-refractivity contribution in [1.82, 2.24) is 10.2 Å². The van der Waals surface area contributed by atoms with Crippen molar-refractivity contribution in [3.8, 4) is 0 Å². The predicted octanol–water partition coefficient (Wildman–Crippen LogP) is 4.73. The summed E-state index contributed by atoms with van der Waals surface area (Å²) in [6.45, 7) is 5.49. The Bertz CT molecular complexity index is 1150. The summed E-state index contributed by atoms with van der Waals surface area (Å²) < 4.78 is 0. The van der Waals surface area contributed by atoms with Gasteiger partial charge >= 0.3 is 0 Å². The summed E-state index contributed by atoms with van der Waals surface area (Å²) in [5.74, 6) is -0.285. The van der Waals surface area contributed by atoms with Gasteiger partial charge in [-0.3, -0.25) is 9.59 Å². The van der Waals surface area contributed by atoms with Crippen molar-refractivity contribution in [2.75, 3.05) is 25.5 Å².